The zero-order valence-electron chi connectivity index (χ0n) is 12.5. The number of amides is 2. The van der Waals surface area contributed by atoms with Crippen molar-refractivity contribution in [2.75, 3.05) is 12.3 Å². The van der Waals surface area contributed by atoms with Gasteiger partial charge in [-0.05, 0) is 37.5 Å². The van der Waals surface area contributed by atoms with Crippen LogP contribution in [0.25, 0.3) is 0 Å². The molecule has 0 aliphatic rings. The lowest BCUT2D eigenvalue weighted by Crippen LogP contribution is -2.45. The Morgan fingerprint density at radius 1 is 1.25 bits per heavy atom. The summed E-state index contributed by atoms with van der Waals surface area (Å²) in [6.07, 6.45) is 0. The fraction of sp³-hybridized carbons (Fsp3) is 0.467. The van der Waals surface area contributed by atoms with Gasteiger partial charge in [-0.1, -0.05) is 19.9 Å². The van der Waals surface area contributed by atoms with Gasteiger partial charge < -0.3 is 16.4 Å². The maximum absolute atomic E-state index is 12.1. The van der Waals surface area contributed by atoms with Crippen LogP contribution in [-0.2, 0) is 4.79 Å². The average molecular weight is 277 g/mol. The number of carbonyl (C=O) groups is 2. The van der Waals surface area contributed by atoms with Gasteiger partial charge in [-0.2, -0.15) is 0 Å². The molecule has 0 fully saturated rings. The molecule has 20 heavy (non-hydrogen) atoms. The second-order valence-corrected chi connectivity index (χ2v) is 5.41. The molecule has 1 rings (SSSR count). The topological polar surface area (TPSA) is 84.2 Å². The molecule has 2 amide bonds. The van der Waals surface area contributed by atoms with Gasteiger partial charge in [-0.25, -0.2) is 0 Å². The molecule has 0 aliphatic carbocycles. The minimum atomic E-state index is -0.581. The molecule has 110 valence electrons. The Hall–Kier alpha value is -2.04. The number of nitrogen functional groups attached to an aromatic ring is 1. The van der Waals surface area contributed by atoms with Gasteiger partial charge >= 0.3 is 0 Å². The van der Waals surface area contributed by atoms with Crippen LogP contribution in [0.15, 0.2) is 18.2 Å². The molecule has 0 saturated carbocycles. The number of aryl methyl sites for hydroxylation is 1. The lowest BCUT2D eigenvalue weighted by atomic mass is 10.1. The van der Waals surface area contributed by atoms with Gasteiger partial charge in [0.15, 0.2) is 0 Å². The predicted molar refractivity (Wildman–Crippen MR) is 80.4 cm³/mol. The quantitative estimate of drug-likeness (QED) is 0.713. The number of anilines is 1. The zero-order valence-corrected chi connectivity index (χ0v) is 12.5. The number of benzene rings is 1. The maximum Gasteiger partial charge on any atom is 0.252 e. The normalized spacial score (nSPS) is 12.1. The van der Waals surface area contributed by atoms with Crippen LogP contribution in [0.3, 0.4) is 0 Å². The van der Waals surface area contributed by atoms with Gasteiger partial charge in [0.1, 0.15) is 6.04 Å². The summed E-state index contributed by atoms with van der Waals surface area (Å²) in [4.78, 5) is 23.9. The van der Waals surface area contributed by atoms with Gasteiger partial charge in [0.2, 0.25) is 5.91 Å². The van der Waals surface area contributed by atoms with E-state index in [1.165, 1.54) is 0 Å². The highest BCUT2D eigenvalue weighted by molar-refractivity contribution is 5.99. The first-order chi connectivity index (χ1) is 9.31. The van der Waals surface area contributed by atoms with E-state index in [1.807, 2.05) is 20.8 Å². The van der Waals surface area contributed by atoms with Crippen LogP contribution >= 0.6 is 0 Å². The fourth-order valence-electron chi connectivity index (χ4n) is 1.68. The van der Waals surface area contributed by atoms with Crippen molar-refractivity contribution in [3.8, 4) is 0 Å². The SMILES string of the molecule is Cc1ccc(N)cc1C(=O)NC(C)C(=O)NCC(C)C. The van der Waals surface area contributed by atoms with Gasteiger partial charge in [0, 0.05) is 17.8 Å². The van der Waals surface area contributed by atoms with Crippen molar-refractivity contribution >= 4 is 17.5 Å². The van der Waals surface area contributed by atoms with Crippen molar-refractivity contribution in [3.05, 3.63) is 29.3 Å². The van der Waals surface area contributed by atoms with Crippen molar-refractivity contribution in [2.24, 2.45) is 5.92 Å². The molecule has 1 aromatic rings. The third-order valence-corrected chi connectivity index (χ3v) is 2.93. The molecular formula is C15H23N3O2. The van der Waals surface area contributed by atoms with Gasteiger partial charge in [-0.3, -0.25) is 9.59 Å². The van der Waals surface area contributed by atoms with Gasteiger partial charge in [-0.15, -0.1) is 0 Å². The van der Waals surface area contributed by atoms with Crippen molar-refractivity contribution in [3.63, 3.8) is 0 Å². The number of hydrogen-bond donors (Lipinski definition) is 3. The van der Waals surface area contributed by atoms with E-state index in [1.54, 1.807) is 25.1 Å². The van der Waals surface area contributed by atoms with Gasteiger partial charge in [0.05, 0.1) is 0 Å². The van der Waals surface area contributed by atoms with Crippen LogP contribution in [0.1, 0.15) is 36.7 Å². The summed E-state index contributed by atoms with van der Waals surface area (Å²) in [5, 5.41) is 5.47. The second-order valence-electron chi connectivity index (χ2n) is 5.41. The maximum atomic E-state index is 12.1. The summed E-state index contributed by atoms with van der Waals surface area (Å²) in [7, 11) is 0. The second kappa shape index (κ2) is 6.93. The predicted octanol–water partition coefficient (Wildman–Crippen LogP) is 1.47. The van der Waals surface area contributed by atoms with Crippen LogP contribution < -0.4 is 16.4 Å². The van der Waals surface area contributed by atoms with Gasteiger partial charge in [0.25, 0.3) is 5.91 Å². The Balaban J connectivity index is 2.65. The van der Waals surface area contributed by atoms with E-state index in [-0.39, 0.29) is 11.8 Å². The van der Waals surface area contributed by atoms with Crippen LogP contribution in [-0.4, -0.2) is 24.4 Å². The monoisotopic (exact) mass is 277 g/mol. The zero-order chi connectivity index (χ0) is 15.3. The Kier molecular flexibility index (Phi) is 5.55. The first kappa shape index (κ1) is 16.0. The van der Waals surface area contributed by atoms with E-state index in [2.05, 4.69) is 10.6 Å². The molecule has 0 bridgehead atoms. The summed E-state index contributed by atoms with van der Waals surface area (Å²) in [5.74, 6) is -0.103. The van der Waals surface area contributed by atoms with E-state index < -0.39 is 6.04 Å². The van der Waals surface area contributed by atoms with Crippen LogP contribution in [0.2, 0.25) is 0 Å². The highest BCUT2D eigenvalue weighted by Crippen LogP contribution is 2.12. The number of nitrogens with one attached hydrogen (secondary N) is 2. The summed E-state index contributed by atoms with van der Waals surface area (Å²) < 4.78 is 0. The first-order valence-electron chi connectivity index (χ1n) is 6.76. The lowest BCUT2D eigenvalue weighted by Gasteiger charge is -2.16. The molecule has 5 heteroatoms. The molecular weight excluding hydrogens is 254 g/mol. The lowest BCUT2D eigenvalue weighted by molar-refractivity contribution is -0.122. The van der Waals surface area contributed by atoms with E-state index in [4.69, 9.17) is 5.73 Å². The van der Waals surface area contributed by atoms with Crippen molar-refractivity contribution in [1.29, 1.82) is 0 Å². The molecule has 1 atom stereocenters. The molecule has 4 N–H and O–H groups in total. The molecule has 0 aromatic heterocycles. The minimum absolute atomic E-state index is 0.186. The molecule has 1 aromatic carbocycles. The Bertz CT molecular complexity index is 498. The largest absolute Gasteiger partial charge is 0.399 e. The third-order valence-electron chi connectivity index (χ3n) is 2.93. The van der Waals surface area contributed by atoms with E-state index in [0.29, 0.717) is 23.7 Å². The molecule has 5 nitrogen and oxygen atoms in total. The number of rotatable bonds is 5. The summed E-state index contributed by atoms with van der Waals surface area (Å²) >= 11 is 0. The Morgan fingerprint density at radius 2 is 1.90 bits per heavy atom. The Morgan fingerprint density at radius 3 is 2.50 bits per heavy atom. The fourth-order valence-corrected chi connectivity index (χ4v) is 1.68. The number of nitrogens with two attached hydrogens (primary N) is 1. The van der Waals surface area contributed by atoms with E-state index >= 15 is 0 Å². The average Bonchev–Trinajstić information content (AvgIpc) is 2.38. The van der Waals surface area contributed by atoms with Crippen LogP contribution in [0.5, 0.6) is 0 Å². The summed E-state index contributed by atoms with van der Waals surface area (Å²) in [6, 6.07) is 4.56. The smallest absolute Gasteiger partial charge is 0.252 e. The first-order valence-corrected chi connectivity index (χ1v) is 6.76. The highest BCUT2D eigenvalue weighted by Gasteiger charge is 2.17. The minimum Gasteiger partial charge on any atom is -0.399 e. The molecule has 0 aliphatic heterocycles. The molecule has 0 radical (unpaired) electrons. The standard InChI is InChI=1S/C15H23N3O2/c1-9(2)8-17-14(19)11(4)18-15(20)13-7-12(16)6-5-10(13)3/h5-7,9,11H,8,16H2,1-4H3,(H,17,19)(H,18,20). The number of hydrogen-bond acceptors (Lipinski definition) is 3. The number of carbonyl (C=O) groups excluding carboxylic acids is 2. The molecule has 0 saturated heterocycles. The van der Waals surface area contributed by atoms with E-state index in [9.17, 15) is 9.59 Å². The summed E-state index contributed by atoms with van der Waals surface area (Å²) in [6.45, 7) is 8.11. The summed E-state index contributed by atoms with van der Waals surface area (Å²) in [5.41, 5.74) is 7.52. The van der Waals surface area contributed by atoms with Crippen molar-refractivity contribution in [2.45, 2.75) is 33.7 Å². The van der Waals surface area contributed by atoms with Crippen LogP contribution in [0, 0.1) is 12.8 Å². The van der Waals surface area contributed by atoms with Crippen LogP contribution in [0.4, 0.5) is 5.69 Å². The van der Waals surface area contributed by atoms with Crippen molar-refractivity contribution in [1.82, 2.24) is 10.6 Å². The van der Waals surface area contributed by atoms with E-state index in [0.717, 1.165) is 5.56 Å². The molecule has 0 heterocycles. The Labute approximate surface area is 119 Å². The molecule has 0 spiro atoms. The van der Waals surface area contributed by atoms with Crippen molar-refractivity contribution < 1.29 is 9.59 Å². The molecule has 1 unspecified atom stereocenters. The third kappa shape index (κ3) is 4.57. The highest BCUT2D eigenvalue weighted by atomic mass is 16.2.